The molecule has 0 unspecified atom stereocenters. The number of fused-ring (bicyclic) bond motifs is 1. The van der Waals surface area contributed by atoms with Crippen LogP contribution in [0.25, 0.3) is 11.0 Å². The third-order valence-electron chi connectivity index (χ3n) is 2.13. The fourth-order valence-corrected chi connectivity index (χ4v) is 1.51. The molecule has 0 saturated carbocycles. The molecule has 0 N–H and O–H groups in total. The zero-order valence-corrected chi connectivity index (χ0v) is 8.70. The molecule has 2 nitrogen and oxygen atoms in total. The molecule has 0 aliphatic heterocycles. The van der Waals surface area contributed by atoms with Crippen LogP contribution in [-0.4, -0.2) is 9.55 Å². The maximum Gasteiger partial charge on any atom is 0.0961 e. The summed E-state index contributed by atoms with van der Waals surface area (Å²) >= 11 is 5.62. The number of benzene rings is 1. The molecule has 0 radical (unpaired) electrons. The van der Waals surface area contributed by atoms with Crippen LogP contribution < -0.4 is 0 Å². The lowest BCUT2D eigenvalue weighted by Gasteiger charge is -2.02. The number of para-hydroxylation sites is 2. The van der Waals surface area contributed by atoms with Crippen molar-refractivity contribution in [2.24, 2.45) is 0 Å². The molecule has 72 valence electrons. The lowest BCUT2D eigenvalue weighted by Crippen LogP contribution is -1.96. The van der Waals surface area contributed by atoms with Crippen molar-refractivity contribution in [2.45, 2.75) is 13.5 Å². The van der Waals surface area contributed by atoms with Crippen molar-refractivity contribution in [3.8, 4) is 0 Å². The second-order valence-electron chi connectivity index (χ2n) is 3.32. The quantitative estimate of drug-likeness (QED) is 0.738. The first kappa shape index (κ1) is 9.28. The van der Waals surface area contributed by atoms with Crippen LogP contribution in [0, 0.1) is 0 Å². The molecule has 0 fully saturated rings. The van der Waals surface area contributed by atoms with Crippen LogP contribution >= 0.6 is 11.6 Å². The van der Waals surface area contributed by atoms with Gasteiger partial charge in [-0.1, -0.05) is 23.7 Å². The van der Waals surface area contributed by atoms with Crippen molar-refractivity contribution in [2.75, 3.05) is 0 Å². The Hall–Kier alpha value is -1.28. The zero-order valence-electron chi connectivity index (χ0n) is 7.94. The van der Waals surface area contributed by atoms with Crippen LogP contribution in [0.15, 0.2) is 41.7 Å². The predicted molar refractivity (Wildman–Crippen MR) is 59.3 cm³/mol. The number of rotatable bonds is 2. The van der Waals surface area contributed by atoms with Gasteiger partial charge in [-0.25, -0.2) is 4.98 Å². The molecule has 1 heterocycles. The second kappa shape index (κ2) is 3.84. The van der Waals surface area contributed by atoms with E-state index in [1.807, 2.05) is 31.5 Å². The molecule has 1 aromatic heterocycles. The minimum Gasteiger partial charge on any atom is -0.326 e. The van der Waals surface area contributed by atoms with Gasteiger partial charge in [-0.2, -0.15) is 0 Å². The molecular formula is C11H11ClN2. The molecule has 2 rings (SSSR count). The third-order valence-corrected chi connectivity index (χ3v) is 2.51. The van der Waals surface area contributed by atoms with E-state index in [0.29, 0.717) is 0 Å². The fourth-order valence-electron chi connectivity index (χ4n) is 1.44. The first-order valence-electron chi connectivity index (χ1n) is 4.47. The van der Waals surface area contributed by atoms with Crippen molar-refractivity contribution in [1.82, 2.24) is 9.55 Å². The molecule has 0 spiro atoms. The monoisotopic (exact) mass is 206 g/mol. The highest BCUT2D eigenvalue weighted by Crippen LogP contribution is 2.13. The largest absolute Gasteiger partial charge is 0.326 e. The first-order valence-corrected chi connectivity index (χ1v) is 4.90. The van der Waals surface area contributed by atoms with Crippen molar-refractivity contribution in [3.05, 3.63) is 41.7 Å². The standard InChI is InChI=1S/C11H11ClN2/c1-9(6-12)7-14-8-13-10-4-2-3-5-11(10)14/h2-6,8H,7H2,1H3/b9-6-. The lowest BCUT2D eigenvalue weighted by atomic mass is 10.3. The Morgan fingerprint density at radius 1 is 1.50 bits per heavy atom. The average Bonchev–Trinajstić information content (AvgIpc) is 2.62. The van der Waals surface area contributed by atoms with Gasteiger partial charge < -0.3 is 4.57 Å². The van der Waals surface area contributed by atoms with Gasteiger partial charge in [0.25, 0.3) is 0 Å². The molecule has 0 aliphatic rings. The van der Waals surface area contributed by atoms with Crippen LogP contribution in [-0.2, 0) is 6.54 Å². The van der Waals surface area contributed by atoms with Gasteiger partial charge in [0.1, 0.15) is 0 Å². The number of hydrogen-bond donors (Lipinski definition) is 0. The van der Waals surface area contributed by atoms with Gasteiger partial charge >= 0.3 is 0 Å². The number of allylic oxidation sites excluding steroid dienone is 1. The van der Waals surface area contributed by atoms with Crippen LogP contribution in [0.2, 0.25) is 0 Å². The van der Waals surface area contributed by atoms with E-state index in [9.17, 15) is 0 Å². The molecule has 0 bridgehead atoms. The van der Waals surface area contributed by atoms with E-state index in [0.717, 1.165) is 23.2 Å². The normalized spacial score (nSPS) is 12.3. The second-order valence-corrected chi connectivity index (χ2v) is 3.53. The van der Waals surface area contributed by atoms with E-state index >= 15 is 0 Å². The number of nitrogens with zero attached hydrogens (tertiary/aromatic N) is 2. The summed E-state index contributed by atoms with van der Waals surface area (Å²) in [5.41, 5.74) is 4.89. The molecule has 2 aromatic rings. The molecule has 3 heteroatoms. The summed E-state index contributed by atoms with van der Waals surface area (Å²) < 4.78 is 2.09. The van der Waals surface area contributed by atoms with Gasteiger partial charge in [0, 0.05) is 12.1 Å². The van der Waals surface area contributed by atoms with Crippen LogP contribution in [0.4, 0.5) is 0 Å². The predicted octanol–water partition coefficient (Wildman–Crippen LogP) is 3.18. The van der Waals surface area contributed by atoms with Crippen molar-refractivity contribution < 1.29 is 0 Å². The molecule has 0 atom stereocenters. The first-order chi connectivity index (χ1) is 6.81. The summed E-state index contributed by atoms with van der Waals surface area (Å²) in [7, 11) is 0. The average molecular weight is 207 g/mol. The van der Waals surface area contributed by atoms with Crippen LogP contribution in [0.3, 0.4) is 0 Å². The summed E-state index contributed by atoms with van der Waals surface area (Å²) in [6.07, 6.45) is 1.84. The minimum atomic E-state index is 0.796. The Morgan fingerprint density at radius 3 is 3.07 bits per heavy atom. The van der Waals surface area contributed by atoms with Gasteiger partial charge in [0.15, 0.2) is 0 Å². The fraction of sp³-hybridized carbons (Fsp3) is 0.182. The molecule has 1 aromatic carbocycles. The van der Waals surface area contributed by atoms with Gasteiger partial charge in [-0.05, 0) is 24.6 Å². The Bertz CT molecular complexity index is 471. The maximum absolute atomic E-state index is 5.62. The van der Waals surface area contributed by atoms with Crippen molar-refractivity contribution in [1.29, 1.82) is 0 Å². The summed E-state index contributed by atoms with van der Waals surface area (Å²) in [6, 6.07) is 8.07. The van der Waals surface area contributed by atoms with E-state index in [4.69, 9.17) is 11.6 Å². The number of aromatic nitrogens is 2. The Labute approximate surface area is 87.8 Å². The van der Waals surface area contributed by atoms with E-state index in [-0.39, 0.29) is 0 Å². The summed E-state index contributed by atoms with van der Waals surface area (Å²) in [6.45, 7) is 2.80. The van der Waals surface area contributed by atoms with E-state index < -0.39 is 0 Å². The Balaban J connectivity index is 2.43. The van der Waals surface area contributed by atoms with E-state index in [1.165, 1.54) is 0 Å². The highest BCUT2D eigenvalue weighted by molar-refractivity contribution is 6.25. The highest BCUT2D eigenvalue weighted by atomic mass is 35.5. The third kappa shape index (κ3) is 1.66. The van der Waals surface area contributed by atoms with E-state index in [1.54, 1.807) is 5.54 Å². The van der Waals surface area contributed by atoms with Crippen molar-refractivity contribution in [3.63, 3.8) is 0 Å². The lowest BCUT2D eigenvalue weighted by molar-refractivity contribution is 0.810. The summed E-state index contributed by atoms with van der Waals surface area (Å²) in [5.74, 6) is 0. The zero-order chi connectivity index (χ0) is 9.97. The summed E-state index contributed by atoms with van der Waals surface area (Å²) in [4.78, 5) is 4.30. The van der Waals surface area contributed by atoms with Crippen LogP contribution in [0.1, 0.15) is 6.92 Å². The smallest absolute Gasteiger partial charge is 0.0961 e. The Morgan fingerprint density at radius 2 is 2.29 bits per heavy atom. The molecule has 14 heavy (non-hydrogen) atoms. The molecule has 0 saturated heterocycles. The molecular weight excluding hydrogens is 196 g/mol. The number of imidazole rings is 1. The molecule has 0 amide bonds. The Kier molecular flexibility index (Phi) is 2.55. The maximum atomic E-state index is 5.62. The van der Waals surface area contributed by atoms with Crippen LogP contribution in [0.5, 0.6) is 0 Å². The summed E-state index contributed by atoms with van der Waals surface area (Å²) in [5, 5.41) is 0. The van der Waals surface area contributed by atoms with E-state index in [2.05, 4.69) is 15.6 Å². The van der Waals surface area contributed by atoms with Gasteiger partial charge in [0.2, 0.25) is 0 Å². The van der Waals surface area contributed by atoms with Crippen molar-refractivity contribution >= 4 is 22.6 Å². The van der Waals surface area contributed by atoms with Gasteiger partial charge in [0.05, 0.1) is 17.4 Å². The highest BCUT2D eigenvalue weighted by Gasteiger charge is 2.00. The number of halogens is 1. The topological polar surface area (TPSA) is 17.8 Å². The minimum absolute atomic E-state index is 0.796. The van der Waals surface area contributed by atoms with Gasteiger partial charge in [-0.3, -0.25) is 0 Å². The molecule has 0 aliphatic carbocycles. The number of hydrogen-bond acceptors (Lipinski definition) is 1. The SMILES string of the molecule is C/C(=C/Cl)Cn1cnc2ccccc21. The van der Waals surface area contributed by atoms with Gasteiger partial charge in [-0.15, -0.1) is 0 Å².